The van der Waals surface area contributed by atoms with Gasteiger partial charge in [0.2, 0.25) is 5.95 Å². The van der Waals surface area contributed by atoms with Crippen molar-refractivity contribution in [2.75, 3.05) is 26.4 Å². The van der Waals surface area contributed by atoms with Crippen molar-refractivity contribution in [3.63, 3.8) is 0 Å². The molecule has 1 aromatic carbocycles. The predicted octanol–water partition coefficient (Wildman–Crippen LogP) is 1.79. The van der Waals surface area contributed by atoms with Gasteiger partial charge in [0.25, 0.3) is 0 Å². The molecule has 0 radical (unpaired) electrons. The molecule has 0 atom stereocenters. The molecule has 0 fully saturated rings. The number of fused-ring (bicyclic) bond motifs is 1. The SMILES string of the molecule is CN(C)C(=O)NCCn1c(N)nc2cc(Br)c(F)cc21. The third kappa shape index (κ3) is 2.84. The Labute approximate surface area is 123 Å². The molecule has 1 heterocycles. The molecule has 0 unspecified atom stereocenters. The van der Waals surface area contributed by atoms with E-state index in [-0.39, 0.29) is 17.8 Å². The van der Waals surface area contributed by atoms with E-state index in [4.69, 9.17) is 5.73 Å². The number of benzene rings is 1. The largest absolute Gasteiger partial charge is 0.369 e. The van der Waals surface area contributed by atoms with Gasteiger partial charge in [0.1, 0.15) is 5.82 Å². The summed E-state index contributed by atoms with van der Waals surface area (Å²) in [5.74, 6) is -0.0902. The van der Waals surface area contributed by atoms with Gasteiger partial charge < -0.3 is 20.5 Å². The fraction of sp³-hybridized carbons (Fsp3) is 0.333. The number of amides is 2. The summed E-state index contributed by atoms with van der Waals surface area (Å²) >= 11 is 3.11. The quantitative estimate of drug-likeness (QED) is 0.891. The summed E-state index contributed by atoms with van der Waals surface area (Å²) < 4.78 is 15.6. The number of anilines is 1. The molecule has 0 saturated carbocycles. The van der Waals surface area contributed by atoms with Crippen LogP contribution in [0.25, 0.3) is 11.0 Å². The summed E-state index contributed by atoms with van der Waals surface area (Å²) in [7, 11) is 3.31. The molecule has 0 aliphatic carbocycles. The Morgan fingerprint density at radius 2 is 2.25 bits per heavy atom. The lowest BCUT2D eigenvalue weighted by Gasteiger charge is -2.13. The molecule has 108 valence electrons. The minimum Gasteiger partial charge on any atom is -0.369 e. The Morgan fingerprint density at radius 1 is 1.55 bits per heavy atom. The van der Waals surface area contributed by atoms with Crippen LogP contribution in [0.15, 0.2) is 16.6 Å². The number of urea groups is 1. The minimum absolute atomic E-state index is 0.193. The molecule has 8 heteroatoms. The summed E-state index contributed by atoms with van der Waals surface area (Å²) in [6.45, 7) is 0.799. The highest BCUT2D eigenvalue weighted by Gasteiger charge is 2.12. The van der Waals surface area contributed by atoms with Gasteiger partial charge in [-0.25, -0.2) is 14.2 Å². The van der Waals surface area contributed by atoms with Gasteiger partial charge in [-0.1, -0.05) is 0 Å². The van der Waals surface area contributed by atoms with E-state index in [1.165, 1.54) is 11.0 Å². The number of hydrogen-bond acceptors (Lipinski definition) is 3. The number of carbonyl (C=O) groups is 1. The van der Waals surface area contributed by atoms with Gasteiger partial charge in [-0.05, 0) is 22.0 Å². The van der Waals surface area contributed by atoms with Crippen LogP contribution >= 0.6 is 15.9 Å². The standard InChI is InChI=1S/C12H15BrFN5O/c1-18(2)12(20)16-3-4-19-10-6-8(14)7(13)5-9(10)17-11(19)15/h5-6H,3-4H2,1-2H3,(H2,15,17)(H,16,20). The maximum Gasteiger partial charge on any atom is 0.316 e. The van der Waals surface area contributed by atoms with Crippen molar-refractivity contribution in [3.05, 3.63) is 22.4 Å². The third-order valence-electron chi connectivity index (χ3n) is 2.84. The summed E-state index contributed by atoms with van der Waals surface area (Å²) in [6, 6.07) is 2.76. The molecule has 0 spiro atoms. The number of hydrogen-bond donors (Lipinski definition) is 2. The predicted molar refractivity (Wildman–Crippen MR) is 78.9 cm³/mol. The number of nitrogens with zero attached hydrogens (tertiary/aromatic N) is 3. The number of aromatic nitrogens is 2. The van der Waals surface area contributed by atoms with E-state index in [9.17, 15) is 9.18 Å². The maximum absolute atomic E-state index is 13.6. The zero-order valence-electron chi connectivity index (χ0n) is 11.2. The van der Waals surface area contributed by atoms with Crippen molar-refractivity contribution in [2.24, 2.45) is 0 Å². The molecule has 20 heavy (non-hydrogen) atoms. The van der Waals surface area contributed by atoms with Crippen molar-refractivity contribution in [3.8, 4) is 0 Å². The highest BCUT2D eigenvalue weighted by Crippen LogP contribution is 2.24. The van der Waals surface area contributed by atoms with E-state index >= 15 is 0 Å². The van der Waals surface area contributed by atoms with Crippen LogP contribution in [-0.2, 0) is 6.54 Å². The van der Waals surface area contributed by atoms with E-state index in [0.29, 0.717) is 28.6 Å². The molecule has 0 aliphatic rings. The maximum atomic E-state index is 13.6. The molecule has 0 bridgehead atoms. The lowest BCUT2D eigenvalue weighted by atomic mass is 10.3. The second-order valence-corrected chi connectivity index (χ2v) is 5.36. The van der Waals surface area contributed by atoms with Crippen LogP contribution in [0.1, 0.15) is 0 Å². The molecule has 2 rings (SSSR count). The number of nitrogen functional groups attached to an aromatic ring is 1. The molecule has 3 N–H and O–H groups in total. The lowest BCUT2D eigenvalue weighted by molar-refractivity contribution is 0.217. The van der Waals surface area contributed by atoms with Crippen molar-refractivity contribution in [2.45, 2.75) is 6.54 Å². The molecular formula is C12H15BrFN5O. The highest BCUT2D eigenvalue weighted by atomic mass is 79.9. The summed E-state index contributed by atoms with van der Waals surface area (Å²) in [5, 5.41) is 2.72. The fourth-order valence-corrected chi connectivity index (χ4v) is 2.14. The number of nitrogens with one attached hydrogen (secondary N) is 1. The zero-order valence-corrected chi connectivity index (χ0v) is 12.7. The Bertz CT molecular complexity index is 655. The Balaban J connectivity index is 2.19. The van der Waals surface area contributed by atoms with Crippen LogP contribution in [-0.4, -0.2) is 41.1 Å². The van der Waals surface area contributed by atoms with E-state index in [2.05, 4.69) is 26.2 Å². The van der Waals surface area contributed by atoms with Gasteiger partial charge in [-0.15, -0.1) is 0 Å². The third-order valence-corrected chi connectivity index (χ3v) is 3.45. The number of carbonyl (C=O) groups excluding carboxylic acids is 1. The molecule has 0 aliphatic heterocycles. The first kappa shape index (κ1) is 14.6. The van der Waals surface area contributed by atoms with Crippen molar-refractivity contribution < 1.29 is 9.18 Å². The van der Waals surface area contributed by atoms with Gasteiger partial charge in [0.15, 0.2) is 0 Å². The average Bonchev–Trinajstić information content (AvgIpc) is 2.66. The van der Waals surface area contributed by atoms with Gasteiger partial charge in [-0.2, -0.15) is 0 Å². The van der Waals surface area contributed by atoms with E-state index < -0.39 is 0 Å². The van der Waals surface area contributed by atoms with Crippen molar-refractivity contribution in [1.29, 1.82) is 0 Å². The number of nitrogens with two attached hydrogens (primary N) is 1. The fourth-order valence-electron chi connectivity index (χ4n) is 1.81. The van der Waals surface area contributed by atoms with E-state index in [1.807, 2.05) is 0 Å². The Kier molecular flexibility index (Phi) is 4.12. The average molecular weight is 344 g/mol. The minimum atomic E-state index is -0.379. The van der Waals surface area contributed by atoms with E-state index in [0.717, 1.165) is 0 Å². The van der Waals surface area contributed by atoms with Crippen LogP contribution in [0, 0.1) is 5.82 Å². The van der Waals surface area contributed by atoms with Gasteiger partial charge in [-0.3, -0.25) is 0 Å². The number of halogens is 2. The van der Waals surface area contributed by atoms with Gasteiger partial charge >= 0.3 is 6.03 Å². The molecule has 1 aromatic heterocycles. The molecular weight excluding hydrogens is 329 g/mol. The first-order valence-electron chi connectivity index (χ1n) is 5.96. The first-order valence-corrected chi connectivity index (χ1v) is 6.75. The Hall–Kier alpha value is -1.83. The van der Waals surface area contributed by atoms with Crippen LogP contribution in [0.4, 0.5) is 15.1 Å². The first-order chi connectivity index (χ1) is 9.40. The lowest BCUT2D eigenvalue weighted by Crippen LogP contribution is -2.36. The second kappa shape index (κ2) is 5.66. The smallest absolute Gasteiger partial charge is 0.316 e. The summed E-state index contributed by atoms with van der Waals surface area (Å²) in [6.07, 6.45) is 0. The Morgan fingerprint density at radius 3 is 2.90 bits per heavy atom. The second-order valence-electron chi connectivity index (χ2n) is 4.50. The molecule has 0 saturated heterocycles. The van der Waals surface area contributed by atoms with Crippen molar-refractivity contribution >= 4 is 38.9 Å². The summed E-state index contributed by atoms with van der Waals surface area (Å²) in [5.41, 5.74) is 7.03. The highest BCUT2D eigenvalue weighted by molar-refractivity contribution is 9.10. The summed E-state index contributed by atoms with van der Waals surface area (Å²) in [4.78, 5) is 17.0. The number of imidazole rings is 1. The number of rotatable bonds is 3. The molecule has 2 aromatic rings. The van der Waals surface area contributed by atoms with E-state index in [1.54, 1.807) is 24.7 Å². The molecule has 2 amide bonds. The zero-order chi connectivity index (χ0) is 14.9. The van der Waals surface area contributed by atoms with Crippen LogP contribution in [0.3, 0.4) is 0 Å². The van der Waals surface area contributed by atoms with Crippen LogP contribution < -0.4 is 11.1 Å². The molecule has 6 nitrogen and oxygen atoms in total. The van der Waals surface area contributed by atoms with Gasteiger partial charge in [0.05, 0.1) is 15.5 Å². The van der Waals surface area contributed by atoms with Crippen LogP contribution in [0.2, 0.25) is 0 Å². The van der Waals surface area contributed by atoms with Crippen LogP contribution in [0.5, 0.6) is 0 Å². The van der Waals surface area contributed by atoms with Gasteiger partial charge in [0, 0.05) is 33.3 Å². The topological polar surface area (TPSA) is 76.2 Å². The van der Waals surface area contributed by atoms with Crippen molar-refractivity contribution in [1.82, 2.24) is 19.8 Å². The monoisotopic (exact) mass is 343 g/mol. The normalized spacial score (nSPS) is 10.8.